The number of carbonyl (C=O) groups is 2. The lowest BCUT2D eigenvalue weighted by atomic mass is 9.89. The van der Waals surface area contributed by atoms with Gasteiger partial charge in [0.1, 0.15) is 17.3 Å². The molecule has 0 aliphatic rings. The number of hydrogen-bond acceptors (Lipinski definition) is 5. The van der Waals surface area contributed by atoms with Crippen LogP contribution < -0.4 is 14.8 Å². The van der Waals surface area contributed by atoms with Crippen LogP contribution in [-0.2, 0) is 11.2 Å². The topological polar surface area (TPSA) is 84.9 Å². The molecular formula is C42H59F2NO5. The molecule has 0 aliphatic carbocycles. The molecule has 0 saturated heterocycles. The molecule has 0 aromatic heterocycles. The van der Waals surface area contributed by atoms with Gasteiger partial charge in [-0.1, -0.05) is 102 Å². The van der Waals surface area contributed by atoms with Gasteiger partial charge in [-0.15, -0.1) is 0 Å². The van der Waals surface area contributed by atoms with Crippen molar-refractivity contribution < 1.29 is 33.0 Å². The molecule has 0 saturated carbocycles. The first kappa shape index (κ1) is 45.7. The van der Waals surface area contributed by atoms with E-state index in [9.17, 15) is 13.6 Å². The Morgan fingerprint density at radius 3 is 1.70 bits per heavy atom. The van der Waals surface area contributed by atoms with Gasteiger partial charge >= 0.3 is 0 Å². The van der Waals surface area contributed by atoms with E-state index in [4.69, 9.17) is 19.4 Å². The first-order valence-electron chi connectivity index (χ1n) is 17.3. The molecule has 276 valence electrons. The maximum absolute atomic E-state index is 12.6. The predicted octanol–water partition coefficient (Wildman–Crippen LogP) is 10.8. The highest BCUT2D eigenvalue weighted by Gasteiger charge is 2.19. The first-order valence-corrected chi connectivity index (χ1v) is 17.3. The van der Waals surface area contributed by atoms with Crippen molar-refractivity contribution in [1.29, 1.82) is 0 Å². The summed E-state index contributed by atoms with van der Waals surface area (Å²) < 4.78 is 35.1. The summed E-state index contributed by atoms with van der Waals surface area (Å²) in [6.07, 6.45) is 7.25. The molecule has 0 heterocycles. The normalized spacial score (nSPS) is 9.84. The summed E-state index contributed by atoms with van der Waals surface area (Å²) in [5, 5.41) is 12.3. The number of methoxy groups -OCH3 is 2. The Kier molecular flexibility index (Phi) is 25.1. The molecule has 0 bridgehead atoms. The molecule has 0 fully saturated rings. The number of fused-ring (bicyclic) bond motifs is 1. The van der Waals surface area contributed by atoms with Crippen LogP contribution in [0.25, 0.3) is 21.9 Å². The van der Waals surface area contributed by atoms with Crippen LogP contribution in [0.3, 0.4) is 0 Å². The quantitative estimate of drug-likeness (QED) is 0.144. The number of hydrogen-bond donors (Lipinski definition) is 2. The molecule has 0 amide bonds. The van der Waals surface area contributed by atoms with Gasteiger partial charge < -0.3 is 19.9 Å². The molecule has 50 heavy (non-hydrogen) atoms. The van der Waals surface area contributed by atoms with Crippen molar-refractivity contribution in [3.63, 3.8) is 0 Å². The van der Waals surface area contributed by atoms with Gasteiger partial charge in [0, 0.05) is 0 Å². The monoisotopic (exact) mass is 695 g/mol. The van der Waals surface area contributed by atoms with Crippen LogP contribution in [0.15, 0.2) is 66.7 Å². The molecule has 4 aromatic rings. The third-order valence-corrected chi connectivity index (χ3v) is 7.82. The average Bonchev–Trinajstić information content (AvgIpc) is 3.12. The SMILES string of the molecule is CCCC(CCC)Cc1cc(OC)c(-c2cccc3c(C)cccc23)c(OC)c1.CCCF.CCNC.Cc1cccc(F)c1C=O.O=CO. The van der Waals surface area contributed by atoms with Gasteiger partial charge in [-0.2, -0.15) is 0 Å². The number of halogens is 2. The Labute approximate surface area is 299 Å². The van der Waals surface area contributed by atoms with Gasteiger partial charge in [-0.25, -0.2) is 4.39 Å². The van der Waals surface area contributed by atoms with E-state index in [-0.39, 0.29) is 18.7 Å². The molecule has 0 atom stereocenters. The summed E-state index contributed by atoms with van der Waals surface area (Å²) in [5.74, 6) is 2.04. The van der Waals surface area contributed by atoms with E-state index in [0.29, 0.717) is 24.2 Å². The van der Waals surface area contributed by atoms with Crippen molar-refractivity contribution >= 4 is 23.5 Å². The summed E-state index contributed by atoms with van der Waals surface area (Å²) in [6.45, 7) is 12.9. The van der Waals surface area contributed by atoms with Crippen molar-refractivity contribution in [1.82, 2.24) is 5.32 Å². The second-order valence-electron chi connectivity index (χ2n) is 11.6. The molecule has 4 rings (SSSR count). The summed E-state index contributed by atoms with van der Waals surface area (Å²) >= 11 is 0. The minimum absolute atomic E-state index is 0.155. The van der Waals surface area contributed by atoms with E-state index in [1.165, 1.54) is 53.6 Å². The summed E-state index contributed by atoms with van der Waals surface area (Å²) in [5.41, 5.74) is 5.60. The van der Waals surface area contributed by atoms with Gasteiger partial charge in [0.05, 0.1) is 32.0 Å². The fraction of sp³-hybridized carbons (Fsp3) is 0.429. The Morgan fingerprint density at radius 2 is 1.28 bits per heavy atom. The number of aldehydes is 1. The van der Waals surface area contributed by atoms with Gasteiger partial charge in [0.25, 0.3) is 6.47 Å². The van der Waals surface area contributed by atoms with Crippen LogP contribution >= 0.6 is 0 Å². The largest absolute Gasteiger partial charge is 0.496 e. The molecule has 0 spiro atoms. The fourth-order valence-electron chi connectivity index (χ4n) is 5.33. The summed E-state index contributed by atoms with van der Waals surface area (Å²) in [6, 6.07) is 21.9. The Morgan fingerprint density at radius 1 is 0.800 bits per heavy atom. The maximum Gasteiger partial charge on any atom is 0.290 e. The highest BCUT2D eigenvalue weighted by Crippen LogP contribution is 2.43. The number of rotatable bonds is 12. The van der Waals surface area contributed by atoms with Crippen LogP contribution in [0.4, 0.5) is 8.78 Å². The molecule has 4 aromatic carbocycles. The summed E-state index contributed by atoms with van der Waals surface area (Å²) in [7, 11) is 5.45. The number of benzene rings is 4. The molecular weight excluding hydrogens is 636 g/mol. The lowest BCUT2D eigenvalue weighted by molar-refractivity contribution is -0.122. The molecule has 0 unspecified atom stereocenters. The zero-order valence-corrected chi connectivity index (χ0v) is 31.6. The molecule has 0 aliphatic heterocycles. The highest BCUT2D eigenvalue weighted by atomic mass is 19.1. The summed E-state index contributed by atoms with van der Waals surface area (Å²) in [4.78, 5) is 18.6. The molecule has 0 radical (unpaired) electrons. The van der Waals surface area contributed by atoms with Crippen molar-refractivity contribution in [3.8, 4) is 22.6 Å². The van der Waals surface area contributed by atoms with Crippen LogP contribution in [0, 0.1) is 25.6 Å². The number of nitrogens with one attached hydrogen (secondary N) is 1. The predicted molar refractivity (Wildman–Crippen MR) is 205 cm³/mol. The fourth-order valence-corrected chi connectivity index (χ4v) is 5.33. The van der Waals surface area contributed by atoms with Crippen LogP contribution in [-0.4, -0.2) is 52.4 Å². The van der Waals surface area contributed by atoms with Crippen LogP contribution in [0.1, 0.15) is 86.8 Å². The van der Waals surface area contributed by atoms with Crippen LogP contribution in [0.5, 0.6) is 11.5 Å². The number of alkyl halides is 1. The Hall–Kier alpha value is -4.30. The van der Waals surface area contributed by atoms with Crippen molar-refractivity contribution in [2.75, 3.05) is 34.5 Å². The smallest absolute Gasteiger partial charge is 0.290 e. The van der Waals surface area contributed by atoms with Gasteiger partial charge in [0.2, 0.25) is 0 Å². The van der Waals surface area contributed by atoms with Crippen molar-refractivity contribution in [2.45, 2.75) is 80.1 Å². The zero-order valence-electron chi connectivity index (χ0n) is 31.6. The second kappa shape index (κ2) is 27.5. The minimum atomic E-state index is -0.449. The van der Waals surface area contributed by atoms with E-state index in [1.807, 2.05) is 7.05 Å². The standard InChI is InChI=1S/C27H34O2.C8H7FO.C3H7F.C3H9N.CH2O2/c1-6-10-20(11-7-2)16-21-17-25(28-4)27(26(18-21)29-5)24-15-9-13-22-19(3)12-8-14-23(22)24;1-6-3-2-4-8(9)7(6)5-10;1-2-3-4;1-3-4-2;2-1-3/h8-9,12-15,17-18,20H,6-7,10-11,16H2,1-5H3;2-5H,1H3;2-3H2,1H3;4H,3H2,1-2H3;1H,(H,2,3). The van der Waals surface area contributed by atoms with E-state index in [0.717, 1.165) is 35.6 Å². The van der Waals surface area contributed by atoms with Crippen molar-refractivity contribution in [3.05, 3.63) is 94.8 Å². The second-order valence-corrected chi connectivity index (χ2v) is 11.6. The van der Waals surface area contributed by atoms with E-state index < -0.39 is 5.82 Å². The highest BCUT2D eigenvalue weighted by molar-refractivity contribution is 6.01. The molecule has 6 nitrogen and oxygen atoms in total. The zero-order chi connectivity index (χ0) is 37.9. The molecule has 2 N–H and O–H groups in total. The molecule has 8 heteroatoms. The van der Waals surface area contributed by atoms with E-state index in [1.54, 1.807) is 40.2 Å². The van der Waals surface area contributed by atoms with Gasteiger partial charge in [-0.05, 0) is 97.4 Å². The van der Waals surface area contributed by atoms with Gasteiger partial charge in [-0.3, -0.25) is 14.0 Å². The average molecular weight is 696 g/mol. The number of ether oxygens (including phenoxy) is 2. The number of carbonyl (C=O) groups excluding carboxylic acids is 1. The lowest BCUT2D eigenvalue weighted by Crippen LogP contribution is -2.05. The van der Waals surface area contributed by atoms with E-state index in [2.05, 4.69) is 81.5 Å². The number of carboxylic acid groups (broad SMARTS) is 1. The lowest BCUT2D eigenvalue weighted by Gasteiger charge is -2.20. The van der Waals surface area contributed by atoms with Crippen LogP contribution in [0.2, 0.25) is 0 Å². The minimum Gasteiger partial charge on any atom is -0.496 e. The number of aryl methyl sites for hydroxylation is 2. The third kappa shape index (κ3) is 15.5. The first-order chi connectivity index (χ1) is 24.1. The van der Waals surface area contributed by atoms with Gasteiger partial charge in [0.15, 0.2) is 6.29 Å². The Balaban J connectivity index is 0.000000931. The third-order valence-electron chi connectivity index (χ3n) is 7.82. The Bertz CT molecular complexity index is 1470. The van der Waals surface area contributed by atoms with E-state index >= 15 is 0 Å². The maximum atomic E-state index is 12.6. The van der Waals surface area contributed by atoms with Crippen molar-refractivity contribution in [2.24, 2.45) is 5.92 Å².